The fourth-order valence-electron chi connectivity index (χ4n) is 3.07. The smallest absolute Gasteiger partial charge is 0.269 e. The number of hydrogen-bond donors (Lipinski definition) is 1. The van der Waals surface area contributed by atoms with E-state index in [1.807, 2.05) is 49.4 Å². The lowest BCUT2D eigenvalue weighted by Crippen LogP contribution is -2.04. The van der Waals surface area contributed by atoms with E-state index in [1.165, 1.54) is 15.7 Å². The summed E-state index contributed by atoms with van der Waals surface area (Å²) in [6.45, 7) is 6.71. The molecule has 1 N–H and O–H groups in total. The van der Waals surface area contributed by atoms with Gasteiger partial charge in [0, 0.05) is 21.3 Å². The summed E-state index contributed by atoms with van der Waals surface area (Å²) in [5, 5.41) is 15.0. The number of hydrazone groups is 1. The van der Waals surface area contributed by atoms with Crippen molar-refractivity contribution in [1.29, 1.82) is 0 Å². The molecule has 0 heterocycles. The number of nitro benzene ring substituents is 1. The van der Waals surface area contributed by atoms with Crippen molar-refractivity contribution in [3.63, 3.8) is 0 Å². The Labute approximate surface area is 206 Å². The van der Waals surface area contributed by atoms with Gasteiger partial charge in [0.25, 0.3) is 5.69 Å². The molecule has 0 aromatic heterocycles. The number of hydrogen-bond acceptors (Lipinski definition) is 6. The van der Waals surface area contributed by atoms with E-state index < -0.39 is 4.92 Å². The molecule has 0 radical (unpaired) electrons. The lowest BCUT2D eigenvalue weighted by atomic mass is 10.1. The summed E-state index contributed by atoms with van der Waals surface area (Å²) < 4.78 is 13.2. The number of anilines is 1. The van der Waals surface area contributed by atoms with Gasteiger partial charge in [0.2, 0.25) is 0 Å². The molecule has 0 aliphatic rings. The fourth-order valence-corrected chi connectivity index (χ4v) is 3.43. The highest BCUT2D eigenvalue weighted by Crippen LogP contribution is 2.34. The van der Waals surface area contributed by atoms with Gasteiger partial charge in [-0.15, -0.1) is 6.58 Å². The van der Waals surface area contributed by atoms with Crippen molar-refractivity contribution in [2.24, 2.45) is 5.10 Å². The van der Waals surface area contributed by atoms with Crippen LogP contribution in [0.1, 0.15) is 23.6 Å². The van der Waals surface area contributed by atoms with Crippen LogP contribution in [-0.4, -0.2) is 17.7 Å². The van der Waals surface area contributed by atoms with Crippen LogP contribution >= 0.6 is 22.6 Å². The van der Waals surface area contributed by atoms with E-state index in [-0.39, 0.29) is 5.69 Å². The maximum absolute atomic E-state index is 10.8. The minimum Gasteiger partial charge on any atom is -0.490 e. The minimum absolute atomic E-state index is 0.0285. The summed E-state index contributed by atoms with van der Waals surface area (Å²) >= 11 is 2.27. The van der Waals surface area contributed by atoms with Gasteiger partial charge in [-0.2, -0.15) is 5.10 Å². The SMILES string of the molecule is C=CCc1cc(/C=N/Nc2ccc([N+](=O)[O-])cc2)cc(OCC)c1OCc1ccc(I)cc1. The van der Waals surface area contributed by atoms with Crippen molar-refractivity contribution in [3.8, 4) is 11.5 Å². The van der Waals surface area contributed by atoms with Crippen molar-refractivity contribution >= 4 is 40.2 Å². The number of nitrogens with one attached hydrogen (secondary N) is 1. The molecule has 170 valence electrons. The molecular weight excluding hydrogens is 533 g/mol. The van der Waals surface area contributed by atoms with Gasteiger partial charge in [0.1, 0.15) is 6.61 Å². The molecule has 0 aliphatic carbocycles. The van der Waals surface area contributed by atoms with E-state index >= 15 is 0 Å². The number of benzene rings is 3. The number of nitrogens with zero attached hydrogens (tertiary/aromatic N) is 2. The third kappa shape index (κ3) is 7.04. The fraction of sp³-hybridized carbons (Fsp3) is 0.160. The predicted molar refractivity (Wildman–Crippen MR) is 139 cm³/mol. The van der Waals surface area contributed by atoms with Crippen LogP contribution in [0.5, 0.6) is 11.5 Å². The Kier molecular flexibility index (Phi) is 8.82. The Morgan fingerprint density at radius 2 is 1.85 bits per heavy atom. The molecule has 0 atom stereocenters. The van der Waals surface area contributed by atoms with Gasteiger partial charge in [-0.3, -0.25) is 15.5 Å². The first-order valence-corrected chi connectivity index (χ1v) is 11.4. The summed E-state index contributed by atoms with van der Waals surface area (Å²) in [5.41, 5.74) is 6.39. The lowest BCUT2D eigenvalue weighted by Gasteiger charge is -2.17. The summed E-state index contributed by atoms with van der Waals surface area (Å²) in [6, 6.07) is 18.1. The van der Waals surface area contributed by atoms with Crippen molar-refractivity contribution < 1.29 is 14.4 Å². The summed E-state index contributed by atoms with van der Waals surface area (Å²) in [6.07, 6.45) is 4.10. The highest BCUT2D eigenvalue weighted by Gasteiger charge is 2.13. The molecule has 0 amide bonds. The van der Waals surface area contributed by atoms with Crippen LogP contribution < -0.4 is 14.9 Å². The second-order valence-electron chi connectivity index (χ2n) is 7.02. The molecule has 0 unspecified atom stereocenters. The molecule has 0 fully saturated rings. The van der Waals surface area contributed by atoms with Gasteiger partial charge in [-0.25, -0.2) is 0 Å². The van der Waals surface area contributed by atoms with Gasteiger partial charge >= 0.3 is 0 Å². The number of ether oxygens (including phenoxy) is 2. The molecule has 0 saturated carbocycles. The Hall–Kier alpha value is -3.40. The first-order valence-electron chi connectivity index (χ1n) is 10.3. The zero-order valence-corrected chi connectivity index (χ0v) is 20.3. The lowest BCUT2D eigenvalue weighted by molar-refractivity contribution is -0.384. The predicted octanol–water partition coefficient (Wildman–Crippen LogP) is 6.35. The monoisotopic (exact) mass is 557 g/mol. The average Bonchev–Trinajstić information content (AvgIpc) is 2.80. The Balaban J connectivity index is 1.80. The van der Waals surface area contributed by atoms with Gasteiger partial charge in [0.15, 0.2) is 11.5 Å². The maximum Gasteiger partial charge on any atom is 0.269 e. The first-order chi connectivity index (χ1) is 16.0. The van der Waals surface area contributed by atoms with Gasteiger partial charge in [0.05, 0.1) is 23.4 Å². The van der Waals surface area contributed by atoms with Crippen molar-refractivity contribution in [2.45, 2.75) is 20.0 Å². The van der Waals surface area contributed by atoms with E-state index in [1.54, 1.807) is 18.3 Å². The van der Waals surface area contributed by atoms with E-state index in [4.69, 9.17) is 9.47 Å². The van der Waals surface area contributed by atoms with Crippen LogP contribution in [0.4, 0.5) is 11.4 Å². The van der Waals surface area contributed by atoms with Crippen LogP contribution in [0.2, 0.25) is 0 Å². The van der Waals surface area contributed by atoms with Gasteiger partial charge in [-0.1, -0.05) is 18.2 Å². The van der Waals surface area contributed by atoms with Crippen LogP contribution in [0, 0.1) is 13.7 Å². The third-order valence-corrected chi connectivity index (χ3v) is 5.32. The van der Waals surface area contributed by atoms with Gasteiger partial charge < -0.3 is 9.47 Å². The highest BCUT2D eigenvalue weighted by atomic mass is 127. The third-order valence-electron chi connectivity index (χ3n) is 4.60. The number of rotatable bonds is 11. The average molecular weight is 557 g/mol. The van der Waals surface area contributed by atoms with Crippen molar-refractivity contribution in [1.82, 2.24) is 0 Å². The zero-order chi connectivity index (χ0) is 23.6. The summed E-state index contributed by atoms with van der Waals surface area (Å²) in [7, 11) is 0. The topological polar surface area (TPSA) is 86.0 Å². The molecule has 7 nitrogen and oxygen atoms in total. The highest BCUT2D eigenvalue weighted by molar-refractivity contribution is 14.1. The number of allylic oxidation sites excluding steroid dienone is 1. The van der Waals surface area contributed by atoms with E-state index in [9.17, 15) is 10.1 Å². The van der Waals surface area contributed by atoms with E-state index in [0.717, 1.165) is 16.7 Å². The van der Waals surface area contributed by atoms with Gasteiger partial charge in [-0.05, 0) is 83.5 Å². The standard InChI is InChI=1S/C25H24IN3O4/c1-3-5-20-14-19(16-27-28-22-10-12-23(13-11-22)29(30)31)15-24(32-4-2)25(20)33-17-18-6-8-21(26)9-7-18/h3,6-16,28H,1,4-5,17H2,2H3/b27-16+. The second-order valence-corrected chi connectivity index (χ2v) is 8.27. The quantitative estimate of drug-likeness (QED) is 0.0977. The molecule has 0 spiro atoms. The normalized spacial score (nSPS) is 10.7. The van der Waals surface area contributed by atoms with Crippen molar-refractivity contribution in [2.75, 3.05) is 12.0 Å². The molecule has 3 rings (SSSR count). The molecule has 3 aromatic rings. The Bertz CT molecular complexity index is 1130. The number of nitro groups is 1. The molecule has 33 heavy (non-hydrogen) atoms. The van der Waals surface area contributed by atoms with E-state index in [0.29, 0.717) is 36.8 Å². The molecule has 0 bridgehead atoms. The van der Waals surface area contributed by atoms with Crippen LogP contribution in [0.3, 0.4) is 0 Å². The Morgan fingerprint density at radius 1 is 1.12 bits per heavy atom. The zero-order valence-electron chi connectivity index (χ0n) is 18.2. The summed E-state index contributed by atoms with van der Waals surface area (Å²) in [4.78, 5) is 10.3. The van der Waals surface area contributed by atoms with E-state index in [2.05, 4.69) is 39.7 Å². The maximum atomic E-state index is 10.8. The summed E-state index contributed by atoms with van der Waals surface area (Å²) in [5.74, 6) is 1.33. The molecule has 8 heteroatoms. The minimum atomic E-state index is -0.439. The van der Waals surface area contributed by atoms with Crippen LogP contribution in [0.15, 0.2) is 78.4 Å². The molecule has 0 saturated heterocycles. The largest absolute Gasteiger partial charge is 0.490 e. The van der Waals surface area contributed by atoms with Crippen LogP contribution in [0.25, 0.3) is 0 Å². The second kappa shape index (κ2) is 12.0. The number of halogens is 1. The first kappa shape index (κ1) is 24.2. The van der Waals surface area contributed by atoms with Crippen molar-refractivity contribution in [3.05, 3.63) is 104 Å². The number of non-ortho nitro benzene ring substituents is 1. The molecule has 3 aromatic carbocycles. The molecule has 0 aliphatic heterocycles. The molecular formula is C25H24IN3O4. The van der Waals surface area contributed by atoms with Crippen LogP contribution in [-0.2, 0) is 13.0 Å². The Morgan fingerprint density at radius 3 is 2.48 bits per heavy atom.